The number of hydrogen-bond donors (Lipinski definition) is 0. The molecule has 2 heterocycles. The van der Waals surface area contributed by atoms with Gasteiger partial charge in [-0.1, -0.05) is 75.4 Å². The first-order chi connectivity index (χ1) is 15.2. The maximum absolute atomic E-state index is 13.9. The van der Waals surface area contributed by atoms with Crippen LogP contribution in [0.5, 0.6) is 0 Å². The maximum Gasteiger partial charge on any atom is 0.244 e. The zero-order chi connectivity index (χ0) is 22.5. The van der Waals surface area contributed by atoms with Crippen LogP contribution in [0.1, 0.15) is 43.6 Å². The molecule has 1 aliphatic rings. The van der Waals surface area contributed by atoms with Gasteiger partial charge in [0.2, 0.25) is 10.0 Å². The fraction of sp³-hybridized carbons (Fsp3) is 0.259. The van der Waals surface area contributed by atoms with E-state index in [2.05, 4.69) is 49.6 Å². The summed E-state index contributed by atoms with van der Waals surface area (Å²) in [7, 11) is -3.69. The normalized spacial score (nSPS) is 17.4. The first kappa shape index (κ1) is 21.0. The number of rotatable bonds is 3. The number of fused-ring (bicyclic) bond motifs is 2. The lowest BCUT2D eigenvalue weighted by molar-refractivity contribution is 0.298. The molecule has 0 saturated heterocycles. The van der Waals surface area contributed by atoms with Crippen molar-refractivity contribution >= 4 is 20.8 Å². The van der Waals surface area contributed by atoms with Gasteiger partial charge in [0.15, 0.2) is 0 Å². The van der Waals surface area contributed by atoms with Gasteiger partial charge in [0.05, 0.1) is 10.9 Å². The Balaban J connectivity index is 1.61. The molecule has 0 amide bonds. The van der Waals surface area contributed by atoms with E-state index in [1.54, 1.807) is 16.4 Å². The van der Waals surface area contributed by atoms with Gasteiger partial charge in [-0.2, -0.15) is 4.31 Å². The first-order valence-corrected chi connectivity index (χ1v) is 12.5. The van der Waals surface area contributed by atoms with Crippen molar-refractivity contribution in [1.82, 2.24) is 8.87 Å². The molecule has 1 unspecified atom stereocenters. The predicted octanol–water partition coefficient (Wildman–Crippen LogP) is 5.73. The van der Waals surface area contributed by atoms with Crippen LogP contribution in [-0.2, 0) is 22.0 Å². The lowest BCUT2D eigenvalue weighted by Crippen LogP contribution is -2.42. The second-order valence-electron chi connectivity index (χ2n) is 9.53. The number of hydrogen-bond acceptors (Lipinski definition) is 2. The van der Waals surface area contributed by atoms with Crippen LogP contribution in [-0.4, -0.2) is 23.8 Å². The molecule has 4 aromatic rings. The Labute approximate surface area is 190 Å². The summed E-state index contributed by atoms with van der Waals surface area (Å²) < 4.78 is 31.6. The Hall–Kier alpha value is -2.89. The van der Waals surface area contributed by atoms with E-state index in [0.717, 1.165) is 22.0 Å². The van der Waals surface area contributed by atoms with E-state index >= 15 is 0 Å². The van der Waals surface area contributed by atoms with Gasteiger partial charge in [0.25, 0.3) is 0 Å². The molecule has 0 N–H and O–H groups in total. The van der Waals surface area contributed by atoms with Gasteiger partial charge in [-0.3, -0.25) is 0 Å². The SMILES string of the molecule is CC(C)(C)c1ccc(C2c3cccn3CCN2S(=O)(=O)c2ccc3ccccc3c2)cc1. The predicted molar refractivity (Wildman–Crippen MR) is 129 cm³/mol. The van der Waals surface area contributed by atoms with Gasteiger partial charge in [-0.25, -0.2) is 8.42 Å². The third kappa shape index (κ3) is 3.55. The van der Waals surface area contributed by atoms with Crippen molar-refractivity contribution in [3.05, 3.63) is 102 Å². The molecule has 4 nitrogen and oxygen atoms in total. The quantitative estimate of drug-likeness (QED) is 0.405. The molecular weight excluding hydrogens is 416 g/mol. The summed E-state index contributed by atoms with van der Waals surface area (Å²) in [5, 5.41) is 1.97. The Morgan fingerprint density at radius 3 is 2.25 bits per heavy atom. The van der Waals surface area contributed by atoms with E-state index in [1.165, 1.54) is 5.56 Å². The van der Waals surface area contributed by atoms with E-state index < -0.39 is 10.0 Å². The third-order valence-corrected chi connectivity index (χ3v) is 8.27. The Morgan fingerprint density at radius 2 is 1.53 bits per heavy atom. The van der Waals surface area contributed by atoms with Crippen molar-refractivity contribution in [2.24, 2.45) is 0 Å². The van der Waals surface area contributed by atoms with E-state index in [-0.39, 0.29) is 11.5 Å². The van der Waals surface area contributed by atoms with E-state index in [0.29, 0.717) is 18.0 Å². The van der Waals surface area contributed by atoms with Gasteiger partial charge in [0, 0.05) is 25.0 Å². The average Bonchev–Trinajstić information content (AvgIpc) is 3.26. The van der Waals surface area contributed by atoms with Gasteiger partial charge in [-0.05, 0) is 51.6 Å². The molecule has 0 radical (unpaired) electrons. The van der Waals surface area contributed by atoms with Crippen LogP contribution in [0.2, 0.25) is 0 Å². The molecule has 0 spiro atoms. The lowest BCUT2D eigenvalue weighted by atomic mass is 9.86. The zero-order valence-electron chi connectivity index (χ0n) is 18.7. The van der Waals surface area contributed by atoms with Gasteiger partial charge in [0.1, 0.15) is 0 Å². The van der Waals surface area contributed by atoms with Gasteiger partial charge in [-0.15, -0.1) is 0 Å². The Morgan fingerprint density at radius 1 is 0.812 bits per heavy atom. The van der Waals surface area contributed by atoms with Crippen molar-refractivity contribution in [2.75, 3.05) is 6.54 Å². The molecule has 0 saturated carbocycles. The van der Waals surface area contributed by atoms with Gasteiger partial charge >= 0.3 is 0 Å². The number of sulfonamides is 1. The third-order valence-electron chi connectivity index (χ3n) is 6.41. The largest absolute Gasteiger partial charge is 0.348 e. The van der Waals surface area contributed by atoms with Crippen LogP contribution in [0, 0.1) is 0 Å². The molecule has 3 aromatic carbocycles. The van der Waals surface area contributed by atoms with Crippen LogP contribution in [0.3, 0.4) is 0 Å². The molecule has 0 fully saturated rings. The summed E-state index contributed by atoms with van der Waals surface area (Å²) in [6.07, 6.45) is 2.03. The second kappa shape index (κ2) is 7.61. The fourth-order valence-electron chi connectivity index (χ4n) is 4.59. The molecule has 0 aliphatic carbocycles. The minimum atomic E-state index is -3.69. The Kier molecular flexibility index (Phi) is 4.99. The minimum Gasteiger partial charge on any atom is -0.348 e. The highest BCUT2D eigenvalue weighted by molar-refractivity contribution is 7.89. The molecule has 1 aromatic heterocycles. The first-order valence-electron chi connectivity index (χ1n) is 11.0. The summed E-state index contributed by atoms with van der Waals surface area (Å²) >= 11 is 0. The van der Waals surface area contributed by atoms with Crippen LogP contribution in [0.15, 0.2) is 90.0 Å². The van der Waals surface area contributed by atoms with Crippen LogP contribution in [0.25, 0.3) is 10.8 Å². The molecule has 164 valence electrons. The summed E-state index contributed by atoms with van der Waals surface area (Å²) in [6, 6.07) is 25.3. The lowest BCUT2D eigenvalue weighted by Gasteiger charge is -2.36. The number of aromatic nitrogens is 1. The smallest absolute Gasteiger partial charge is 0.244 e. The Bertz CT molecular complexity index is 1380. The van der Waals surface area contributed by atoms with Crippen LogP contribution >= 0.6 is 0 Å². The maximum atomic E-state index is 13.9. The zero-order valence-corrected chi connectivity index (χ0v) is 19.5. The summed E-state index contributed by atoms with van der Waals surface area (Å²) in [4.78, 5) is 0.340. The standard InChI is InChI=1S/C27H28N2O2S/c1-27(2,3)23-13-10-21(11-14-23)26-25-9-6-16-28(25)17-18-29(26)32(30,31)24-15-12-20-7-4-5-8-22(20)19-24/h4-16,19,26H,17-18H2,1-3H3. The van der Waals surface area contributed by atoms with Crippen LogP contribution in [0.4, 0.5) is 0 Å². The van der Waals surface area contributed by atoms with E-state index in [9.17, 15) is 8.42 Å². The highest BCUT2D eigenvalue weighted by Crippen LogP contribution is 2.37. The molecule has 1 aliphatic heterocycles. The van der Waals surface area contributed by atoms with Crippen molar-refractivity contribution in [1.29, 1.82) is 0 Å². The molecule has 32 heavy (non-hydrogen) atoms. The van der Waals surface area contributed by atoms with Crippen molar-refractivity contribution in [3.8, 4) is 0 Å². The molecular formula is C27H28N2O2S. The van der Waals surface area contributed by atoms with Crippen LogP contribution < -0.4 is 0 Å². The average molecular weight is 445 g/mol. The number of benzene rings is 3. The summed E-state index contributed by atoms with van der Waals surface area (Å²) in [5.41, 5.74) is 3.27. The molecule has 5 rings (SSSR count). The molecule has 1 atom stereocenters. The topological polar surface area (TPSA) is 42.3 Å². The highest BCUT2D eigenvalue weighted by atomic mass is 32.2. The van der Waals surface area contributed by atoms with E-state index in [1.807, 2.05) is 48.7 Å². The molecule has 5 heteroatoms. The van der Waals surface area contributed by atoms with E-state index in [4.69, 9.17) is 0 Å². The highest BCUT2D eigenvalue weighted by Gasteiger charge is 2.37. The van der Waals surface area contributed by atoms with Gasteiger partial charge < -0.3 is 4.57 Å². The summed E-state index contributed by atoms with van der Waals surface area (Å²) in [6.45, 7) is 7.63. The van der Waals surface area contributed by atoms with Crippen molar-refractivity contribution in [3.63, 3.8) is 0 Å². The van der Waals surface area contributed by atoms with Crippen molar-refractivity contribution in [2.45, 2.75) is 43.7 Å². The van der Waals surface area contributed by atoms with Crippen molar-refractivity contribution < 1.29 is 8.42 Å². The minimum absolute atomic E-state index is 0.0438. The second-order valence-corrected chi connectivity index (χ2v) is 11.4. The monoisotopic (exact) mass is 444 g/mol. The number of nitrogens with zero attached hydrogens (tertiary/aromatic N) is 2. The fourth-order valence-corrected chi connectivity index (χ4v) is 6.20. The molecule has 0 bridgehead atoms. The summed E-state index contributed by atoms with van der Waals surface area (Å²) in [5.74, 6) is 0.